The monoisotopic (exact) mass is 608 g/mol. The number of nitro groups is 1. The van der Waals surface area contributed by atoms with E-state index in [0.29, 0.717) is 5.56 Å². The maximum absolute atomic E-state index is 12.4. The maximum atomic E-state index is 12.4. The second-order valence-electron chi connectivity index (χ2n) is 13.1. The molecule has 0 radical (unpaired) electrons. The molecule has 0 fully saturated rings. The number of rotatable bonds is 5. The number of hydrogen-bond acceptors (Lipinski definition) is 3. The molecule has 230 valence electrons. The molecule has 5 rings (SSSR count). The first-order valence-corrected chi connectivity index (χ1v) is 14.1. The quantitative estimate of drug-likeness (QED) is 0.181. The van der Waals surface area contributed by atoms with Crippen LogP contribution in [0.1, 0.15) is 131 Å². The summed E-state index contributed by atoms with van der Waals surface area (Å²) in [5.41, 5.74) is -13.0. The number of benzene rings is 4. The summed E-state index contributed by atoms with van der Waals surface area (Å²) in [5.74, 6) is 0. The molecule has 0 heterocycles. The molecule has 0 amide bonds. The van der Waals surface area contributed by atoms with Crippen LogP contribution in [0, 0.1) is 10.1 Å². The van der Waals surface area contributed by atoms with Gasteiger partial charge in [-0.2, -0.15) is 0 Å². The largest absolute Gasteiger partial charge is 0.349 e. The highest BCUT2D eigenvalue weighted by Gasteiger charge is 2.37. The summed E-state index contributed by atoms with van der Waals surface area (Å²) in [6.07, 6.45) is -8.58. The van der Waals surface area contributed by atoms with Gasteiger partial charge in [-0.1, -0.05) is 123 Å². The van der Waals surface area contributed by atoms with Gasteiger partial charge in [0.25, 0.3) is 5.69 Å². The predicted molar refractivity (Wildman–Crippen MR) is 186 cm³/mol. The number of anilines is 2. The van der Waals surface area contributed by atoms with E-state index in [4.69, 9.17) is 21.9 Å². The van der Waals surface area contributed by atoms with Crippen molar-refractivity contribution in [2.45, 2.75) is 103 Å². The second-order valence-corrected chi connectivity index (χ2v) is 13.1. The van der Waals surface area contributed by atoms with Gasteiger partial charge in [-0.25, -0.2) is 0 Å². The molecule has 0 spiro atoms. The van der Waals surface area contributed by atoms with Crippen molar-refractivity contribution in [2.75, 3.05) is 5.32 Å². The summed E-state index contributed by atoms with van der Waals surface area (Å²) < 4.78 is 177. The molecule has 0 bridgehead atoms. The van der Waals surface area contributed by atoms with E-state index < -0.39 is 108 Å². The van der Waals surface area contributed by atoms with Gasteiger partial charge in [0.05, 0.1) is 16.1 Å². The average molecular weight is 609 g/mol. The summed E-state index contributed by atoms with van der Waals surface area (Å²) >= 11 is 0. The zero-order valence-electron chi connectivity index (χ0n) is 45.5. The van der Waals surface area contributed by atoms with Gasteiger partial charge >= 0.3 is 0 Å². The van der Waals surface area contributed by atoms with Gasteiger partial charge in [0.15, 0.2) is 0 Å². The molecule has 0 saturated heterocycles. The third-order valence-corrected chi connectivity index (χ3v) is 7.59. The smallest absolute Gasteiger partial charge is 0.292 e. The van der Waals surface area contributed by atoms with Gasteiger partial charge in [-0.15, -0.1) is 0 Å². The van der Waals surface area contributed by atoms with Crippen LogP contribution in [0.2, 0.25) is 0 Å². The van der Waals surface area contributed by atoms with Crippen LogP contribution in [0.5, 0.6) is 0 Å². The van der Waals surface area contributed by atoms with Crippen LogP contribution in [0.15, 0.2) is 78.8 Å². The Morgan fingerprint density at radius 2 is 1.34 bits per heavy atom. The number of hydrogen-bond donors (Lipinski definition) is 1. The first kappa shape index (κ1) is 14.9. The Balaban J connectivity index is 2.17. The van der Waals surface area contributed by atoms with Gasteiger partial charge in [-0.3, -0.25) is 10.1 Å². The highest BCUT2D eigenvalue weighted by atomic mass is 16.6. The Morgan fingerprint density at radius 1 is 0.773 bits per heavy atom. The average Bonchev–Trinajstić information content (AvgIpc) is 3.08. The molecular weight excluding hydrogens is 540 g/mol. The van der Waals surface area contributed by atoms with Crippen LogP contribution in [-0.4, -0.2) is 4.92 Å². The van der Waals surface area contributed by atoms with Crippen molar-refractivity contribution in [2.24, 2.45) is 0 Å². The van der Waals surface area contributed by atoms with E-state index in [9.17, 15) is 15.6 Å². The minimum absolute atomic E-state index is 0.0770. The second kappa shape index (κ2) is 10.9. The normalized spacial score (nSPS) is 26.0. The lowest BCUT2D eigenvalue weighted by Gasteiger charge is -2.42. The van der Waals surface area contributed by atoms with Crippen LogP contribution < -0.4 is 5.32 Å². The first-order valence-electron chi connectivity index (χ1n) is 24.1. The van der Waals surface area contributed by atoms with Gasteiger partial charge in [0, 0.05) is 39.1 Å². The molecule has 4 nitrogen and oxygen atoms in total. The topological polar surface area (TPSA) is 55.2 Å². The van der Waals surface area contributed by atoms with E-state index >= 15 is 0 Å². The third kappa shape index (κ3) is 6.04. The minimum atomic E-state index is -4.32. The molecule has 4 aromatic carbocycles. The predicted octanol–water partition coefficient (Wildman–Crippen LogP) is 11.6. The molecule has 0 unspecified atom stereocenters. The van der Waals surface area contributed by atoms with E-state index in [1.165, 1.54) is 30.3 Å². The van der Waals surface area contributed by atoms with Crippen molar-refractivity contribution in [3.63, 3.8) is 0 Å². The first-order chi connectivity index (χ1) is 28.6. The lowest BCUT2D eigenvalue weighted by Crippen LogP contribution is -2.33. The standard InChI is InChI=1S/C40H48N2O2/c1-37(2,3)28-18-15-26(16-19-28)30-24-29(38(4,5)6)25-31(36(30)41-34-13-11-12-14-35(34)42(43)44)27-17-20-32-33(23-27)40(9,10)22-21-39(32,7)8/h11-20,23-25,41H,21-22H2,1-10H3/i7D3,8D3,9D3,10D3,15D,16D,18D,19D,21D2,22D2. The zero-order chi connectivity index (χ0) is 49.3. The van der Waals surface area contributed by atoms with Gasteiger partial charge in [0.1, 0.15) is 5.69 Å². The summed E-state index contributed by atoms with van der Waals surface area (Å²) in [7, 11) is 0. The third-order valence-electron chi connectivity index (χ3n) is 7.59. The number of nitrogens with one attached hydrogen (secondary N) is 1. The molecule has 0 aromatic heterocycles. The number of fused-ring (bicyclic) bond motifs is 1. The molecular formula is C40H48N2O2. The summed E-state index contributed by atoms with van der Waals surface area (Å²) in [6.45, 7) is -5.68. The van der Waals surface area contributed by atoms with E-state index in [0.717, 1.165) is 24.3 Å². The fourth-order valence-electron chi connectivity index (χ4n) is 5.00. The fourth-order valence-corrected chi connectivity index (χ4v) is 5.00. The Morgan fingerprint density at radius 3 is 1.91 bits per heavy atom. The van der Waals surface area contributed by atoms with E-state index in [-0.39, 0.29) is 39.2 Å². The lowest BCUT2D eigenvalue weighted by molar-refractivity contribution is -0.383. The van der Waals surface area contributed by atoms with E-state index in [1.807, 2.05) is 0 Å². The Bertz CT molecular complexity index is 2480. The van der Waals surface area contributed by atoms with Crippen LogP contribution in [0.25, 0.3) is 22.3 Å². The van der Waals surface area contributed by atoms with Crippen LogP contribution in [0.4, 0.5) is 17.1 Å². The van der Waals surface area contributed by atoms with Crippen LogP contribution >= 0.6 is 0 Å². The molecule has 1 aliphatic carbocycles. The molecule has 1 aliphatic rings. The van der Waals surface area contributed by atoms with Crippen molar-refractivity contribution >= 4 is 17.1 Å². The molecule has 4 heteroatoms. The molecule has 0 aliphatic heterocycles. The summed E-state index contributed by atoms with van der Waals surface area (Å²) in [4.78, 5) is 11.7. The van der Waals surface area contributed by atoms with Gasteiger partial charge in [0.2, 0.25) is 0 Å². The number of nitro benzene ring substituents is 1. The fraction of sp³-hybridized carbons (Fsp3) is 0.400. The molecule has 1 N–H and O–H groups in total. The summed E-state index contributed by atoms with van der Waals surface area (Å²) in [6, 6.07) is 9.11. The zero-order valence-corrected chi connectivity index (χ0v) is 25.5. The molecule has 4 aromatic rings. The lowest BCUT2D eigenvalue weighted by atomic mass is 9.63. The maximum Gasteiger partial charge on any atom is 0.292 e. The van der Waals surface area contributed by atoms with Crippen molar-refractivity contribution in [1.29, 1.82) is 0 Å². The van der Waals surface area contributed by atoms with E-state index in [1.54, 1.807) is 41.5 Å². The molecule has 44 heavy (non-hydrogen) atoms. The summed E-state index contributed by atoms with van der Waals surface area (Å²) in [5, 5.41) is 15.4. The Labute approximate surface area is 292 Å². The highest BCUT2D eigenvalue weighted by Crippen LogP contribution is 2.49. The Kier molecular flexibility index (Phi) is 3.70. The minimum Gasteiger partial charge on any atom is -0.349 e. The Hall–Kier alpha value is -3.92. The van der Waals surface area contributed by atoms with E-state index in [2.05, 4.69) is 5.32 Å². The number of para-hydroxylation sites is 2. The van der Waals surface area contributed by atoms with Crippen LogP contribution in [0.3, 0.4) is 0 Å². The van der Waals surface area contributed by atoms with Crippen LogP contribution in [-0.2, 0) is 21.7 Å². The molecule has 0 saturated carbocycles. The van der Waals surface area contributed by atoms with Crippen molar-refractivity contribution in [3.05, 3.63) is 111 Å². The van der Waals surface area contributed by atoms with Gasteiger partial charge < -0.3 is 5.32 Å². The molecule has 0 atom stereocenters. The van der Waals surface area contributed by atoms with Crippen molar-refractivity contribution < 1.29 is 32.3 Å². The highest BCUT2D eigenvalue weighted by molar-refractivity contribution is 5.95. The van der Waals surface area contributed by atoms with Crippen molar-refractivity contribution in [3.8, 4) is 22.3 Å². The number of nitrogens with zero attached hydrogens (tertiary/aromatic N) is 1. The van der Waals surface area contributed by atoms with Gasteiger partial charge in [-0.05, 0) is 86.0 Å². The SMILES string of the molecule is [2H]c1c([2H])c(C(C)(C)C)c([2H])c([2H])c1-c1cc(C(C)(C)C)cc(-c2ccc3c(c2)C(C([2H])([2H])[2H])(C([2H])([2H])[2H])C([2H])([2H])C([2H])([2H])C3(C([2H])([2H])[2H])C([2H])([2H])[2H])c1Nc1ccccc1[N+](=O)[O-]. The van der Waals surface area contributed by atoms with Crippen molar-refractivity contribution in [1.82, 2.24) is 0 Å².